The first kappa shape index (κ1) is 17.0. The van der Waals surface area contributed by atoms with E-state index in [9.17, 15) is 9.90 Å². The number of nitrogens with one attached hydrogen (secondary N) is 1. The Balaban J connectivity index is 1.79. The highest BCUT2D eigenvalue weighted by atomic mass is 16.4. The number of hydrogen-bond acceptors (Lipinski definition) is 3. The summed E-state index contributed by atoms with van der Waals surface area (Å²) >= 11 is 0. The maximum atomic E-state index is 11.2. The molecule has 0 bridgehead atoms. The number of carboxylic acids is 1. The number of aryl methyl sites for hydroxylation is 3. The van der Waals surface area contributed by atoms with Gasteiger partial charge in [-0.3, -0.25) is 4.79 Å². The van der Waals surface area contributed by atoms with Crippen LogP contribution in [-0.4, -0.2) is 53.3 Å². The number of carboxylic acid groups (broad SMARTS) is 1. The second kappa shape index (κ2) is 7.36. The van der Waals surface area contributed by atoms with E-state index in [1.54, 1.807) is 0 Å². The summed E-state index contributed by atoms with van der Waals surface area (Å²) in [5.41, 5.74) is 4.73. The number of nitrogens with zero attached hydrogens (tertiary/aromatic N) is 2. The van der Waals surface area contributed by atoms with Crippen LogP contribution in [0.3, 0.4) is 0 Å². The van der Waals surface area contributed by atoms with E-state index >= 15 is 0 Å². The zero-order chi connectivity index (χ0) is 17.1. The fourth-order valence-electron chi connectivity index (χ4n) is 3.81. The summed E-state index contributed by atoms with van der Waals surface area (Å²) in [6, 6.07) is 4.33. The lowest BCUT2D eigenvalue weighted by Crippen LogP contribution is -2.43. The number of piperazine rings is 1. The predicted octanol–water partition coefficient (Wildman–Crippen LogP) is 2.18. The molecule has 0 amide bonds. The van der Waals surface area contributed by atoms with Gasteiger partial charge in [0.2, 0.25) is 0 Å². The van der Waals surface area contributed by atoms with Crippen molar-refractivity contribution in [2.24, 2.45) is 0 Å². The molecule has 0 unspecified atom stereocenters. The standard InChI is InChI=1S/C19H27N3O2/c1-14-10-15(2)19-17(11-14)16(12-22(19)13-18(23)24)4-3-7-21-8-5-20-6-9-21/h10-12,20H,3-9,13H2,1-2H3,(H,23,24). The van der Waals surface area contributed by atoms with Crippen molar-refractivity contribution in [3.8, 4) is 0 Å². The molecule has 2 heterocycles. The lowest BCUT2D eigenvalue weighted by atomic mass is 10.0. The highest BCUT2D eigenvalue weighted by molar-refractivity contribution is 5.88. The van der Waals surface area contributed by atoms with Crippen molar-refractivity contribution in [2.45, 2.75) is 33.2 Å². The second-order valence-corrected chi connectivity index (χ2v) is 6.85. The molecule has 24 heavy (non-hydrogen) atoms. The molecule has 1 aromatic carbocycles. The molecule has 2 N–H and O–H groups in total. The molecule has 0 saturated carbocycles. The highest BCUT2D eigenvalue weighted by Gasteiger charge is 2.14. The normalized spacial score (nSPS) is 15.9. The van der Waals surface area contributed by atoms with Crippen LogP contribution in [0.1, 0.15) is 23.1 Å². The molecule has 5 heteroatoms. The van der Waals surface area contributed by atoms with Gasteiger partial charge < -0.3 is 19.9 Å². The van der Waals surface area contributed by atoms with E-state index in [0.29, 0.717) is 0 Å². The largest absolute Gasteiger partial charge is 0.480 e. The van der Waals surface area contributed by atoms with Crippen LogP contribution < -0.4 is 5.32 Å². The van der Waals surface area contributed by atoms with Crippen LogP contribution in [0.15, 0.2) is 18.3 Å². The van der Waals surface area contributed by atoms with E-state index in [1.807, 2.05) is 10.8 Å². The van der Waals surface area contributed by atoms with Crippen LogP contribution in [0.4, 0.5) is 0 Å². The molecule has 0 aliphatic carbocycles. The fraction of sp³-hybridized carbons (Fsp3) is 0.526. The number of benzene rings is 1. The van der Waals surface area contributed by atoms with E-state index in [4.69, 9.17) is 0 Å². The summed E-state index contributed by atoms with van der Waals surface area (Å²) in [5, 5.41) is 13.8. The molecule has 1 fully saturated rings. The number of aliphatic carboxylic acids is 1. The third-order valence-electron chi connectivity index (χ3n) is 4.83. The van der Waals surface area contributed by atoms with Gasteiger partial charge in [-0.15, -0.1) is 0 Å². The molecular weight excluding hydrogens is 302 g/mol. The van der Waals surface area contributed by atoms with Gasteiger partial charge in [-0.25, -0.2) is 0 Å². The number of aromatic nitrogens is 1. The number of rotatable bonds is 6. The zero-order valence-corrected chi connectivity index (χ0v) is 14.6. The summed E-state index contributed by atoms with van der Waals surface area (Å²) in [4.78, 5) is 13.7. The van der Waals surface area contributed by atoms with Gasteiger partial charge in [-0.05, 0) is 50.4 Å². The molecule has 1 aliphatic heterocycles. The van der Waals surface area contributed by atoms with E-state index in [2.05, 4.69) is 36.2 Å². The minimum absolute atomic E-state index is 0.0260. The first-order valence-electron chi connectivity index (χ1n) is 8.78. The van der Waals surface area contributed by atoms with Crippen molar-refractivity contribution in [1.29, 1.82) is 0 Å². The molecule has 3 rings (SSSR count). The Labute approximate surface area is 143 Å². The third kappa shape index (κ3) is 3.79. The van der Waals surface area contributed by atoms with Gasteiger partial charge >= 0.3 is 5.97 Å². The van der Waals surface area contributed by atoms with E-state index < -0.39 is 5.97 Å². The van der Waals surface area contributed by atoms with Crippen LogP contribution in [0.2, 0.25) is 0 Å². The smallest absolute Gasteiger partial charge is 0.323 e. The molecule has 2 aromatic rings. The van der Waals surface area contributed by atoms with E-state index in [0.717, 1.165) is 56.6 Å². The van der Waals surface area contributed by atoms with E-state index in [-0.39, 0.29) is 6.54 Å². The predicted molar refractivity (Wildman–Crippen MR) is 96.7 cm³/mol. The summed E-state index contributed by atoms with van der Waals surface area (Å²) in [6.07, 6.45) is 4.15. The topological polar surface area (TPSA) is 57.5 Å². The summed E-state index contributed by atoms with van der Waals surface area (Å²) in [5.74, 6) is -0.792. The average Bonchev–Trinajstić information content (AvgIpc) is 2.85. The lowest BCUT2D eigenvalue weighted by molar-refractivity contribution is -0.137. The highest BCUT2D eigenvalue weighted by Crippen LogP contribution is 2.27. The van der Waals surface area contributed by atoms with Crippen LogP contribution >= 0.6 is 0 Å². The van der Waals surface area contributed by atoms with Crippen LogP contribution in [-0.2, 0) is 17.8 Å². The van der Waals surface area contributed by atoms with Gasteiger partial charge in [0.15, 0.2) is 0 Å². The quantitative estimate of drug-likeness (QED) is 0.853. The van der Waals surface area contributed by atoms with Crippen LogP contribution in [0, 0.1) is 13.8 Å². The third-order valence-corrected chi connectivity index (χ3v) is 4.83. The Kier molecular flexibility index (Phi) is 5.21. The monoisotopic (exact) mass is 329 g/mol. The fourth-order valence-corrected chi connectivity index (χ4v) is 3.81. The van der Waals surface area contributed by atoms with Crippen LogP contribution in [0.25, 0.3) is 10.9 Å². The van der Waals surface area contributed by atoms with Gasteiger partial charge in [-0.1, -0.05) is 11.6 Å². The molecule has 1 aliphatic rings. The summed E-state index contributed by atoms with van der Waals surface area (Å²) in [6.45, 7) is 9.71. The maximum absolute atomic E-state index is 11.2. The maximum Gasteiger partial charge on any atom is 0.323 e. The Morgan fingerprint density at radius 3 is 2.71 bits per heavy atom. The Morgan fingerprint density at radius 1 is 1.25 bits per heavy atom. The molecule has 0 spiro atoms. The van der Waals surface area contributed by atoms with Crippen molar-refractivity contribution in [3.05, 3.63) is 35.0 Å². The number of fused-ring (bicyclic) bond motifs is 1. The minimum atomic E-state index is -0.792. The molecule has 0 atom stereocenters. The summed E-state index contributed by atoms with van der Waals surface area (Å²) < 4.78 is 1.90. The lowest BCUT2D eigenvalue weighted by Gasteiger charge is -2.26. The Bertz CT molecular complexity index is 730. The van der Waals surface area contributed by atoms with Crippen molar-refractivity contribution in [3.63, 3.8) is 0 Å². The van der Waals surface area contributed by atoms with Crippen molar-refractivity contribution >= 4 is 16.9 Å². The Morgan fingerprint density at radius 2 is 2.00 bits per heavy atom. The minimum Gasteiger partial charge on any atom is -0.480 e. The molecule has 1 saturated heterocycles. The van der Waals surface area contributed by atoms with Gasteiger partial charge in [0.1, 0.15) is 6.54 Å². The second-order valence-electron chi connectivity index (χ2n) is 6.85. The SMILES string of the molecule is Cc1cc(C)c2c(c1)c(CCCN1CCNCC1)cn2CC(=O)O. The first-order valence-corrected chi connectivity index (χ1v) is 8.78. The molecule has 0 radical (unpaired) electrons. The van der Waals surface area contributed by atoms with Gasteiger partial charge in [0, 0.05) is 37.8 Å². The van der Waals surface area contributed by atoms with Crippen molar-refractivity contribution in [1.82, 2.24) is 14.8 Å². The Hall–Kier alpha value is -1.85. The number of hydrogen-bond donors (Lipinski definition) is 2. The first-order chi connectivity index (χ1) is 11.5. The van der Waals surface area contributed by atoms with Crippen LogP contribution in [0.5, 0.6) is 0 Å². The molecular formula is C19H27N3O2. The van der Waals surface area contributed by atoms with Gasteiger partial charge in [-0.2, -0.15) is 0 Å². The molecule has 5 nitrogen and oxygen atoms in total. The van der Waals surface area contributed by atoms with Gasteiger partial charge in [0.25, 0.3) is 0 Å². The molecule has 130 valence electrons. The van der Waals surface area contributed by atoms with E-state index in [1.165, 1.54) is 16.5 Å². The van der Waals surface area contributed by atoms with Crippen molar-refractivity contribution < 1.29 is 9.90 Å². The zero-order valence-electron chi connectivity index (χ0n) is 14.6. The number of carbonyl (C=O) groups is 1. The summed E-state index contributed by atoms with van der Waals surface area (Å²) in [7, 11) is 0. The molecule has 1 aromatic heterocycles. The van der Waals surface area contributed by atoms with Gasteiger partial charge in [0.05, 0.1) is 5.52 Å². The van der Waals surface area contributed by atoms with Crippen molar-refractivity contribution in [2.75, 3.05) is 32.7 Å². The average molecular weight is 329 g/mol.